The SMILES string of the molecule is CC(C)[C@@H](C)N[C@H]1CC(C)(C)OC1(C)C. The largest absolute Gasteiger partial charge is 0.368 e. The van der Waals surface area contributed by atoms with Crippen LogP contribution in [0.25, 0.3) is 0 Å². The fraction of sp³-hybridized carbons (Fsp3) is 1.00. The summed E-state index contributed by atoms with van der Waals surface area (Å²) in [5, 5.41) is 3.70. The lowest BCUT2D eigenvalue weighted by molar-refractivity contribution is -0.0706. The van der Waals surface area contributed by atoms with Crippen molar-refractivity contribution in [3.63, 3.8) is 0 Å². The smallest absolute Gasteiger partial charge is 0.0787 e. The van der Waals surface area contributed by atoms with Crippen LogP contribution in [0.5, 0.6) is 0 Å². The molecule has 1 N–H and O–H groups in total. The van der Waals surface area contributed by atoms with Gasteiger partial charge in [-0.2, -0.15) is 0 Å². The third kappa shape index (κ3) is 3.18. The molecule has 0 aromatic heterocycles. The van der Waals surface area contributed by atoms with Crippen LogP contribution in [-0.2, 0) is 4.74 Å². The molecule has 0 saturated carbocycles. The molecule has 0 bridgehead atoms. The van der Waals surface area contributed by atoms with Crippen molar-refractivity contribution in [2.75, 3.05) is 0 Å². The Bertz CT molecular complexity index is 221. The van der Waals surface area contributed by atoms with Gasteiger partial charge in [0.15, 0.2) is 0 Å². The van der Waals surface area contributed by atoms with Gasteiger partial charge in [-0.1, -0.05) is 13.8 Å². The van der Waals surface area contributed by atoms with Crippen LogP contribution in [0.3, 0.4) is 0 Å². The molecule has 2 atom stereocenters. The van der Waals surface area contributed by atoms with Crippen molar-refractivity contribution in [1.82, 2.24) is 5.32 Å². The maximum Gasteiger partial charge on any atom is 0.0787 e. The Morgan fingerprint density at radius 3 is 2.00 bits per heavy atom. The van der Waals surface area contributed by atoms with E-state index in [4.69, 9.17) is 4.74 Å². The molecule has 2 nitrogen and oxygen atoms in total. The van der Waals surface area contributed by atoms with Crippen molar-refractivity contribution < 1.29 is 4.74 Å². The summed E-state index contributed by atoms with van der Waals surface area (Å²) in [6.07, 6.45) is 1.09. The summed E-state index contributed by atoms with van der Waals surface area (Å²) in [5.41, 5.74) is -0.0372. The molecule has 0 amide bonds. The van der Waals surface area contributed by atoms with Gasteiger partial charge >= 0.3 is 0 Å². The third-order valence-electron chi connectivity index (χ3n) is 3.54. The van der Waals surface area contributed by atoms with E-state index in [1.165, 1.54) is 0 Å². The molecule has 1 aliphatic rings. The van der Waals surface area contributed by atoms with E-state index in [1.807, 2.05) is 0 Å². The minimum atomic E-state index is -0.0490. The number of hydrogen-bond donors (Lipinski definition) is 1. The minimum absolute atomic E-state index is 0.0118. The summed E-state index contributed by atoms with van der Waals surface area (Å²) in [4.78, 5) is 0. The quantitative estimate of drug-likeness (QED) is 0.778. The van der Waals surface area contributed by atoms with Crippen molar-refractivity contribution in [3.05, 3.63) is 0 Å². The van der Waals surface area contributed by atoms with Gasteiger partial charge in [0, 0.05) is 12.1 Å². The molecule has 90 valence electrons. The van der Waals surface area contributed by atoms with Crippen LogP contribution in [0.4, 0.5) is 0 Å². The van der Waals surface area contributed by atoms with E-state index in [1.54, 1.807) is 0 Å². The molecule has 0 radical (unpaired) electrons. The summed E-state index contributed by atoms with van der Waals surface area (Å²) in [6, 6.07) is 1.01. The van der Waals surface area contributed by atoms with Crippen LogP contribution in [0.2, 0.25) is 0 Å². The highest BCUT2D eigenvalue weighted by molar-refractivity contribution is 4.99. The summed E-state index contributed by atoms with van der Waals surface area (Å²) in [5.74, 6) is 0.671. The Balaban J connectivity index is 2.63. The van der Waals surface area contributed by atoms with Crippen molar-refractivity contribution in [3.8, 4) is 0 Å². The second kappa shape index (κ2) is 4.06. The Kier molecular flexibility index (Phi) is 3.52. The predicted octanol–water partition coefficient (Wildman–Crippen LogP) is 2.97. The van der Waals surface area contributed by atoms with E-state index in [-0.39, 0.29) is 11.2 Å². The van der Waals surface area contributed by atoms with E-state index < -0.39 is 0 Å². The molecule has 1 aliphatic heterocycles. The maximum atomic E-state index is 6.07. The second-order valence-electron chi connectivity index (χ2n) is 6.42. The molecule has 1 saturated heterocycles. The summed E-state index contributed by atoms with van der Waals surface area (Å²) in [6.45, 7) is 15.5. The monoisotopic (exact) mass is 213 g/mol. The fourth-order valence-electron chi connectivity index (χ4n) is 2.33. The average Bonchev–Trinajstić information content (AvgIpc) is 2.18. The molecule has 0 aromatic carbocycles. The highest BCUT2D eigenvalue weighted by Crippen LogP contribution is 2.37. The molecule has 1 heterocycles. The lowest BCUT2D eigenvalue weighted by atomic mass is 9.92. The van der Waals surface area contributed by atoms with Gasteiger partial charge in [-0.25, -0.2) is 0 Å². The topological polar surface area (TPSA) is 21.3 Å². The number of ether oxygens (including phenoxy) is 1. The van der Waals surface area contributed by atoms with Crippen LogP contribution in [0.1, 0.15) is 54.9 Å². The van der Waals surface area contributed by atoms with Crippen LogP contribution in [0.15, 0.2) is 0 Å². The highest BCUT2D eigenvalue weighted by atomic mass is 16.5. The minimum Gasteiger partial charge on any atom is -0.368 e. The normalized spacial score (nSPS) is 30.8. The molecule has 0 aromatic rings. The van der Waals surface area contributed by atoms with Crippen LogP contribution in [-0.4, -0.2) is 23.3 Å². The van der Waals surface area contributed by atoms with Crippen LogP contribution >= 0.6 is 0 Å². The molecule has 0 unspecified atom stereocenters. The molecule has 1 rings (SSSR count). The maximum absolute atomic E-state index is 6.07. The lowest BCUT2D eigenvalue weighted by Crippen LogP contribution is -2.48. The number of rotatable bonds is 3. The first-order valence-electron chi connectivity index (χ1n) is 6.10. The average molecular weight is 213 g/mol. The van der Waals surface area contributed by atoms with E-state index >= 15 is 0 Å². The second-order valence-corrected chi connectivity index (χ2v) is 6.42. The molecule has 0 spiro atoms. The molecule has 15 heavy (non-hydrogen) atoms. The van der Waals surface area contributed by atoms with Gasteiger partial charge < -0.3 is 10.1 Å². The summed E-state index contributed by atoms with van der Waals surface area (Å²) >= 11 is 0. The van der Waals surface area contributed by atoms with Crippen molar-refractivity contribution in [1.29, 1.82) is 0 Å². The molecular formula is C13H27NO. The predicted molar refractivity (Wildman–Crippen MR) is 65.1 cm³/mol. The fourth-order valence-corrected chi connectivity index (χ4v) is 2.33. The first-order chi connectivity index (χ1) is 6.64. The van der Waals surface area contributed by atoms with Gasteiger partial charge in [0.25, 0.3) is 0 Å². The number of nitrogens with one attached hydrogen (secondary N) is 1. The highest BCUT2D eigenvalue weighted by Gasteiger charge is 2.46. The zero-order chi connectivity index (χ0) is 11.9. The van der Waals surface area contributed by atoms with Gasteiger partial charge in [0.1, 0.15) is 0 Å². The Morgan fingerprint density at radius 1 is 1.13 bits per heavy atom. The summed E-state index contributed by atoms with van der Waals surface area (Å²) < 4.78 is 6.07. The van der Waals surface area contributed by atoms with Crippen molar-refractivity contribution in [2.45, 2.75) is 78.2 Å². The first-order valence-corrected chi connectivity index (χ1v) is 6.10. The molecule has 1 fully saturated rings. The Hall–Kier alpha value is -0.0800. The van der Waals surface area contributed by atoms with Gasteiger partial charge in [-0.05, 0) is 47.0 Å². The van der Waals surface area contributed by atoms with Gasteiger partial charge in [0.2, 0.25) is 0 Å². The molecule has 0 aliphatic carbocycles. The van der Waals surface area contributed by atoms with E-state index in [0.29, 0.717) is 18.0 Å². The van der Waals surface area contributed by atoms with Gasteiger partial charge in [-0.3, -0.25) is 0 Å². The van der Waals surface area contributed by atoms with Crippen LogP contribution in [0, 0.1) is 5.92 Å². The van der Waals surface area contributed by atoms with Crippen LogP contribution < -0.4 is 5.32 Å². The van der Waals surface area contributed by atoms with Crippen molar-refractivity contribution >= 4 is 0 Å². The Morgan fingerprint density at radius 2 is 1.67 bits per heavy atom. The summed E-state index contributed by atoms with van der Waals surface area (Å²) in [7, 11) is 0. The zero-order valence-corrected chi connectivity index (χ0v) is 11.3. The van der Waals surface area contributed by atoms with E-state index in [2.05, 4.69) is 53.8 Å². The number of hydrogen-bond acceptors (Lipinski definition) is 2. The van der Waals surface area contributed by atoms with Gasteiger partial charge in [0.05, 0.1) is 11.2 Å². The molecule has 2 heteroatoms. The van der Waals surface area contributed by atoms with E-state index in [9.17, 15) is 0 Å². The lowest BCUT2D eigenvalue weighted by Gasteiger charge is -2.31. The van der Waals surface area contributed by atoms with E-state index in [0.717, 1.165) is 6.42 Å². The Labute approximate surface area is 94.8 Å². The molecular weight excluding hydrogens is 186 g/mol. The first kappa shape index (κ1) is 13.0. The van der Waals surface area contributed by atoms with Crippen molar-refractivity contribution in [2.24, 2.45) is 5.92 Å². The standard InChI is InChI=1S/C13H27NO/c1-9(2)10(3)14-11-8-12(4,5)15-13(11,6)7/h9-11,14H,8H2,1-7H3/t10-,11+/m1/s1. The zero-order valence-electron chi connectivity index (χ0n) is 11.3. The van der Waals surface area contributed by atoms with Gasteiger partial charge in [-0.15, -0.1) is 0 Å². The third-order valence-corrected chi connectivity index (χ3v) is 3.54.